The van der Waals surface area contributed by atoms with Crippen LogP contribution in [0.2, 0.25) is 0 Å². The standard InChI is InChI=1S/C13H20N2O3/c1-12(2,3)10-6-9(14-18-10)7-15-11(16)13(4,5)8-17-15/h6H,7-8H2,1-5H3. The molecule has 0 spiro atoms. The van der Waals surface area contributed by atoms with Gasteiger partial charge in [-0.2, -0.15) is 0 Å². The highest BCUT2D eigenvalue weighted by atomic mass is 16.7. The summed E-state index contributed by atoms with van der Waals surface area (Å²) in [5.74, 6) is 0.797. The third kappa shape index (κ3) is 2.41. The fourth-order valence-corrected chi connectivity index (χ4v) is 1.70. The van der Waals surface area contributed by atoms with Crippen molar-refractivity contribution >= 4 is 5.91 Å². The molecule has 2 heterocycles. The second-order valence-electron chi connectivity index (χ2n) is 6.43. The van der Waals surface area contributed by atoms with Gasteiger partial charge in [0.2, 0.25) is 0 Å². The highest BCUT2D eigenvalue weighted by molar-refractivity contribution is 5.82. The molecule has 0 aliphatic carbocycles. The average Bonchev–Trinajstić information content (AvgIpc) is 2.79. The van der Waals surface area contributed by atoms with Gasteiger partial charge in [0, 0.05) is 11.5 Å². The third-order valence-electron chi connectivity index (χ3n) is 2.99. The van der Waals surface area contributed by atoms with Gasteiger partial charge in [-0.1, -0.05) is 25.9 Å². The van der Waals surface area contributed by atoms with Crippen LogP contribution in [0.4, 0.5) is 0 Å². The van der Waals surface area contributed by atoms with E-state index in [0.29, 0.717) is 18.8 Å². The maximum absolute atomic E-state index is 12.0. The van der Waals surface area contributed by atoms with Crippen molar-refractivity contribution in [2.75, 3.05) is 6.61 Å². The second kappa shape index (κ2) is 4.09. The number of carbonyl (C=O) groups excluding carboxylic acids is 1. The predicted molar refractivity (Wildman–Crippen MR) is 65.5 cm³/mol. The topological polar surface area (TPSA) is 55.6 Å². The SMILES string of the molecule is CC1(C)CON(Cc2cc(C(C)(C)C)on2)C1=O. The van der Waals surface area contributed by atoms with E-state index in [1.165, 1.54) is 5.06 Å². The number of nitrogens with zero attached hydrogens (tertiary/aromatic N) is 2. The molecule has 0 bridgehead atoms. The predicted octanol–water partition coefficient (Wildman–Crippen LogP) is 2.27. The first-order valence-electron chi connectivity index (χ1n) is 6.11. The van der Waals surface area contributed by atoms with Crippen molar-refractivity contribution in [2.45, 2.75) is 46.6 Å². The van der Waals surface area contributed by atoms with E-state index in [1.807, 2.05) is 19.9 Å². The molecule has 5 heteroatoms. The lowest BCUT2D eigenvalue weighted by Gasteiger charge is -2.14. The molecular weight excluding hydrogens is 232 g/mol. The summed E-state index contributed by atoms with van der Waals surface area (Å²) in [6.45, 7) is 10.7. The second-order valence-corrected chi connectivity index (χ2v) is 6.43. The maximum Gasteiger partial charge on any atom is 0.254 e. The van der Waals surface area contributed by atoms with Crippen molar-refractivity contribution in [1.82, 2.24) is 10.2 Å². The number of hydrogen-bond donors (Lipinski definition) is 0. The van der Waals surface area contributed by atoms with Gasteiger partial charge in [0.1, 0.15) is 11.5 Å². The van der Waals surface area contributed by atoms with Gasteiger partial charge < -0.3 is 4.52 Å². The lowest BCUT2D eigenvalue weighted by molar-refractivity contribution is -0.165. The van der Waals surface area contributed by atoms with E-state index in [1.54, 1.807) is 0 Å². The number of carbonyl (C=O) groups is 1. The van der Waals surface area contributed by atoms with Crippen molar-refractivity contribution in [3.05, 3.63) is 17.5 Å². The van der Waals surface area contributed by atoms with Crippen LogP contribution >= 0.6 is 0 Å². The van der Waals surface area contributed by atoms with Crippen LogP contribution in [-0.4, -0.2) is 22.7 Å². The van der Waals surface area contributed by atoms with E-state index in [9.17, 15) is 4.79 Å². The lowest BCUT2D eigenvalue weighted by Crippen LogP contribution is -2.30. The third-order valence-corrected chi connectivity index (χ3v) is 2.99. The van der Waals surface area contributed by atoms with E-state index in [4.69, 9.17) is 9.36 Å². The van der Waals surface area contributed by atoms with E-state index in [2.05, 4.69) is 25.9 Å². The minimum Gasteiger partial charge on any atom is -0.361 e. The van der Waals surface area contributed by atoms with Gasteiger partial charge in [0.05, 0.1) is 18.6 Å². The van der Waals surface area contributed by atoms with E-state index < -0.39 is 5.41 Å². The molecule has 100 valence electrons. The van der Waals surface area contributed by atoms with Crippen LogP contribution in [0.1, 0.15) is 46.1 Å². The van der Waals surface area contributed by atoms with Crippen LogP contribution in [0.15, 0.2) is 10.6 Å². The fourth-order valence-electron chi connectivity index (χ4n) is 1.70. The van der Waals surface area contributed by atoms with Crippen molar-refractivity contribution in [1.29, 1.82) is 0 Å². The van der Waals surface area contributed by atoms with Gasteiger partial charge >= 0.3 is 0 Å². The van der Waals surface area contributed by atoms with E-state index in [-0.39, 0.29) is 11.3 Å². The Morgan fingerprint density at radius 1 is 1.44 bits per heavy atom. The summed E-state index contributed by atoms with van der Waals surface area (Å²) in [5, 5.41) is 5.34. The van der Waals surface area contributed by atoms with Crippen LogP contribution in [0.3, 0.4) is 0 Å². The molecule has 1 amide bonds. The first-order valence-corrected chi connectivity index (χ1v) is 6.11. The number of rotatable bonds is 2. The Hall–Kier alpha value is -1.36. The maximum atomic E-state index is 12.0. The van der Waals surface area contributed by atoms with Crippen LogP contribution < -0.4 is 0 Å². The van der Waals surface area contributed by atoms with Gasteiger partial charge in [0.15, 0.2) is 0 Å². The molecule has 1 aromatic heterocycles. The first kappa shape index (κ1) is 13.1. The zero-order chi connectivity index (χ0) is 13.6. The Bertz CT molecular complexity index is 457. The van der Waals surface area contributed by atoms with Gasteiger partial charge in [-0.15, -0.1) is 0 Å². The molecule has 1 fully saturated rings. The minimum absolute atomic E-state index is 0.0113. The smallest absolute Gasteiger partial charge is 0.254 e. The molecule has 0 saturated carbocycles. The van der Waals surface area contributed by atoms with Gasteiger partial charge in [-0.3, -0.25) is 9.63 Å². The van der Waals surface area contributed by atoms with Gasteiger partial charge in [-0.25, -0.2) is 5.06 Å². The van der Waals surface area contributed by atoms with Gasteiger partial charge in [-0.05, 0) is 13.8 Å². The van der Waals surface area contributed by atoms with E-state index >= 15 is 0 Å². The first-order chi connectivity index (χ1) is 8.20. The Kier molecular flexibility index (Phi) is 2.97. The number of hydroxylamine groups is 2. The lowest BCUT2D eigenvalue weighted by atomic mass is 9.93. The Labute approximate surface area is 107 Å². The fraction of sp³-hybridized carbons (Fsp3) is 0.692. The molecule has 1 aliphatic heterocycles. The zero-order valence-electron chi connectivity index (χ0n) is 11.6. The summed E-state index contributed by atoms with van der Waals surface area (Å²) in [5.41, 5.74) is 0.183. The quantitative estimate of drug-likeness (QED) is 0.810. The van der Waals surface area contributed by atoms with Crippen LogP contribution in [0, 0.1) is 5.41 Å². The van der Waals surface area contributed by atoms with Crippen LogP contribution in [0.25, 0.3) is 0 Å². The molecule has 0 aromatic carbocycles. The highest BCUT2D eigenvalue weighted by Gasteiger charge is 2.40. The number of amides is 1. The summed E-state index contributed by atoms with van der Waals surface area (Å²) < 4.78 is 5.28. The summed E-state index contributed by atoms with van der Waals surface area (Å²) in [4.78, 5) is 17.4. The largest absolute Gasteiger partial charge is 0.361 e. The molecule has 18 heavy (non-hydrogen) atoms. The molecule has 1 aliphatic rings. The molecule has 1 aromatic rings. The molecule has 0 N–H and O–H groups in total. The Morgan fingerprint density at radius 2 is 2.11 bits per heavy atom. The van der Waals surface area contributed by atoms with Crippen molar-refractivity contribution < 1.29 is 14.2 Å². The van der Waals surface area contributed by atoms with Crippen molar-refractivity contribution in [2.24, 2.45) is 5.41 Å². The van der Waals surface area contributed by atoms with Crippen LogP contribution in [-0.2, 0) is 21.6 Å². The molecular formula is C13H20N2O3. The Morgan fingerprint density at radius 3 is 2.56 bits per heavy atom. The summed E-state index contributed by atoms with van der Waals surface area (Å²) in [6, 6.07) is 1.88. The molecule has 5 nitrogen and oxygen atoms in total. The number of aromatic nitrogens is 1. The molecule has 0 radical (unpaired) electrons. The summed E-state index contributed by atoms with van der Waals surface area (Å²) in [6.07, 6.45) is 0. The number of hydrogen-bond acceptors (Lipinski definition) is 4. The average molecular weight is 252 g/mol. The zero-order valence-corrected chi connectivity index (χ0v) is 11.6. The molecule has 1 saturated heterocycles. The minimum atomic E-state index is -0.448. The summed E-state index contributed by atoms with van der Waals surface area (Å²) in [7, 11) is 0. The molecule has 0 unspecified atom stereocenters. The Balaban J connectivity index is 2.08. The van der Waals surface area contributed by atoms with E-state index in [0.717, 1.165) is 5.76 Å². The van der Waals surface area contributed by atoms with Crippen LogP contribution in [0.5, 0.6) is 0 Å². The molecule has 0 atom stereocenters. The monoisotopic (exact) mass is 252 g/mol. The van der Waals surface area contributed by atoms with Gasteiger partial charge in [0.25, 0.3) is 5.91 Å². The van der Waals surface area contributed by atoms with Crippen molar-refractivity contribution in [3.63, 3.8) is 0 Å². The van der Waals surface area contributed by atoms with Crippen molar-refractivity contribution in [3.8, 4) is 0 Å². The highest BCUT2D eigenvalue weighted by Crippen LogP contribution is 2.29. The molecule has 2 rings (SSSR count). The normalized spacial score (nSPS) is 19.6. The summed E-state index contributed by atoms with van der Waals surface area (Å²) >= 11 is 0.